The van der Waals surface area contributed by atoms with E-state index in [-0.39, 0.29) is 18.4 Å². The van der Waals surface area contributed by atoms with Crippen LogP contribution >= 0.6 is 0 Å². The highest BCUT2D eigenvalue weighted by Gasteiger charge is 2.35. The van der Waals surface area contributed by atoms with Crippen molar-refractivity contribution in [2.45, 2.75) is 76.9 Å². The molecular formula is C34H39N5O4. The summed E-state index contributed by atoms with van der Waals surface area (Å²) in [5.41, 5.74) is 3.60. The first-order valence-electron chi connectivity index (χ1n) is 14.8. The molecule has 3 aromatic carbocycles. The Balaban J connectivity index is 1.58. The molecule has 5 rings (SSSR count). The van der Waals surface area contributed by atoms with E-state index in [1.54, 1.807) is 28.9 Å². The van der Waals surface area contributed by atoms with Gasteiger partial charge < -0.3 is 10.1 Å². The minimum absolute atomic E-state index is 0.121. The molecule has 224 valence electrons. The number of methoxy groups -OCH3 is 1. The normalized spacial score (nSPS) is 14.7. The van der Waals surface area contributed by atoms with Crippen LogP contribution in [0.1, 0.15) is 86.3 Å². The second-order valence-corrected chi connectivity index (χ2v) is 12.2. The number of para-hydroxylation sites is 1. The zero-order valence-corrected chi connectivity index (χ0v) is 25.2. The van der Waals surface area contributed by atoms with E-state index < -0.39 is 17.6 Å². The molecule has 2 amide bonds. The molecule has 0 spiro atoms. The predicted octanol–water partition coefficient (Wildman–Crippen LogP) is 5.95. The van der Waals surface area contributed by atoms with Gasteiger partial charge in [-0.25, -0.2) is 9.48 Å². The maximum atomic E-state index is 14.3. The van der Waals surface area contributed by atoms with Gasteiger partial charge in [0.2, 0.25) is 11.8 Å². The minimum atomic E-state index is -1.02. The Morgan fingerprint density at radius 1 is 0.953 bits per heavy atom. The fourth-order valence-corrected chi connectivity index (χ4v) is 5.79. The van der Waals surface area contributed by atoms with Gasteiger partial charge in [0, 0.05) is 11.2 Å². The first kappa shape index (κ1) is 29.9. The van der Waals surface area contributed by atoms with Gasteiger partial charge in [-0.15, -0.1) is 5.10 Å². The molecule has 1 N–H and O–H groups in total. The lowest BCUT2D eigenvalue weighted by Crippen LogP contribution is -2.50. The van der Waals surface area contributed by atoms with Crippen LogP contribution in [0.3, 0.4) is 0 Å². The number of hydrogen-bond donors (Lipinski definition) is 1. The van der Waals surface area contributed by atoms with Crippen molar-refractivity contribution in [3.63, 3.8) is 0 Å². The van der Waals surface area contributed by atoms with Crippen molar-refractivity contribution in [2.75, 3.05) is 12.0 Å². The number of ether oxygens (including phenoxy) is 1. The molecule has 1 atom stereocenters. The van der Waals surface area contributed by atoms with E-state index in [9.17, 15) is 14.4 Å². The van der Waals surface area contributed by atoms with Gasteiger partial charge in [0.15, 0.2) is 0 Å². The van der Waals surface area contributed by atoms with Gasteiger partial charge in [0.05, 0.1) is 18.2 Å². The van der Waals surface area contributed by atoms with Crippen molar-refractivity contribution in [3.8, 4) is 0 Å². The fraction of sp³-hybridized carbons (Fsp3) is 0.382. The van der Waals surface area contributed by atoms with Crippen LogP contribution in [0.4, 0.5) is 5.69 Å². The van der Waals surface area contributed by atoms with E-state index in [0.29, 0.717) is 28.2 Å². The number of nitrogens with zero attached hydrogens (tertiary/aromatic N) is 4. The van der Waals surface area contributed by atoms with E-state index >= 15 is 0 Å². The summed E-state index contributed by atoms with van der Waals surface area (Å²) in [6.07, 6.45) is 6.03. The van der Waals surface area contributed by atoms with Gasteiger partial charge in [0.1, 0.15) is 18.1 Å². The molecule has 1 aliphatic carbocycles. The molecule has 0 aliphatic heterocycles. The molecule has 0 saturated heterocycles. The Kier molecular flexibility index (Phi) is 8.89. The second-order valence-electron chi connectivity index (χ2n) is 12.2. The van der Waals surface area contributed by atoms with Crippen molar-refractivity contribution in [1.82, 2.24) is 20.3 Å². The first-order valence-corrected chi connectivity index (χ1v) is 14.8. The van der Waals surface area contributed by atoms with E-state index in [0.717, 1.165) is 18.4 Å². The average Bonchev–Trinajstić information content (AvgIpc) is 3.41. The first-order chi connectivity index (χ1) is 20.6. The summed E-state index contributed by atoms with van der Waals surface area (Å²) in [4.78, 5) is 42.1. The second kappa shape index (κ2) is 12.8. The Hall–Kier alpha value is -4.53. The van der Waals surface area contributed by atoms with Crippen molar-refractivity contribution >= 4 is 34.5 Å². The average molecular weight is 582 g/mol. The van der Waals surface area contributed by atoms with Crippen LogP contribution in [-0.2, 0) is 20.9 Å². The number of esters is 1. The number of hydrogen-bond acceptors (Lipinski definition) is 6. The molecule has 1 aromatic heterocycles. The van der Waals surface area contributed by atoms with E-state index in [1.165, 1.54) is 36.8 Å². The SMILES string of the molecule is COC(=O)c1ccc([C@@H](C(=O)NC(C)(C)C)N(C(=O)Cn2nnc3ccccc32)c2ccc(C3CCCCC3)cc2)cc1. The summed E-state index contributed by atoms with van der Waals surface area (Å²) in [5, 5.41) is 11.5. The van der Waals surface area contributed by atoms with Gasteiger partial charge in [-0.2, -0.15) is 0 Å². The molecule has 4 aromatic rings. The highest BCUT2D eigenvalue weighted by molar-refractivity contribution is 6.02. The van der Waals surface area contributed by atoms with Crippen molar-refractivity contribution in [2.24, 2.45) is 0 Å². The van der Waals surface area contributed by atoms with Crippen LogP contribution in [-0.4, -0.2) is 45.4 Å². The molecule has 0 bridgehead atoms. The number of aromatic nitrogens is 3. The number of benzene rings is 3. The van der Waals surface area contributed by atoms with Crippen LogP contribution in [0, 0.1) is 0 Å². The maximum Gasteiger partial charge on any atom is 0.337 e. The number of amides is 2. The lowest BCUT2D eigenvalue weighted by Gasteiger charge is -2.34. The molecule has 1 aliphatic rings. The Labute approximate surface area is 252 Å². The smallest absolute Gasteiger partial charge is 0.337 e. The molecule has 1 fully saturated rings. The van der Waals surface area contributed by atoms with Crippen LogP contribution in [0.5, 0.6) is 0 Å². The lowest BCUT2D eigenvalue weighted by atomic mass is 9.84. The van der Waals surface area contributed by atoms with Crippen molar-refractivity contribution in [1.29, 1.82) is 0 Å². The Bertz CT molecular complexity index is 1580. The molecule has 0 radical (unpaired) electrons. The zero-order chi connectivity index (χ0) is 30.6. The molecule has 9 nitrogen and oxygen atoms in total. The summed E-state index contributed by atoms with van der Waals surface area (Å²) in [6.45, 7) is 5.57. The van der Waals surface area contributed by atoms with Crippen LogP contribution < -0.4 is 10.2 Å². The summed E-state index contributed by atoms with van der Waals surface area (Å²) >= 11 is 0. The lowest BCUT2D eigenvalue weighted by molar-refractivity contribution is -0.128. The van der Waals surface area contributed by atoms with Gasteiger partial charge in [-0.1, -0.05) is 60.9 Å². The summed E-state index contributed by atoms with van der Waals surface area (Å²) < 4.78 is 6.42. The van der Waals surface area contributed by atoms with Crippen LogP contribution in [0.2, 0.25) is 0 Å². The number of fused-ring (bicyclic) bond motifs is 1. The van der Waals surface area contributed by atoms with Crippen molar-refractivity contribution < 1.29 is 19.1 Å². The number of anilines is 1. The van der Waals surface area contributed by atoms with Gasteiger partial charge in [-0.3, -0.25) is 14.5 Å². The largest absolute Gasteiger partial charge is 0.465 e. The minimum Gasteiger partial charge on any atom is -0.465 e. The van der Waals surface area contributed by atoms with Crippen molar-refractivity contribution in [3.05, 3.63) is 89.5 Å². The molecule has 0 unspecified atom stereocenters. The Morgan fingerprint density at radius 3 is 2.28 bits per heavy atom. The number of nitrogens with one attached hydrogen (secondary N) is 1. The topological polar surface area (TPSA) is 106 Å². The van der Waals surface area contributed by atoms with Gasteiger partial charge in [-0.05, 0) is 87.1 Å². The van der Waals surface area contributed by atoms with Crippen LogP contribution in [0.25, 0.3) is 11.0 Å². The third-order valence-electron chi connectivity index (χ3n) is 7.87. The maximum absolute atomic E-state index is 14.3. The highest BCUT2D eigenvalue weighted by Crippen LogP contribution is 2.35. The monoisotopic (exact) mass is 581 g/mol. The number of carbonyl (C=O) groups is 3. The third kappa shape index (κ3) is 6.93. The zero-order valence-electron chi connectivity index (χ0n) is 25.2. The molecule has 9 heteroatoms. The van der Waals surface area contributed by atoms with E-state index in [1.807, 2.05) is 57.2 Å². The fourth-order valence-electron chi connectivity index (χ4n) is 5.79. The van der Waals surface area contributed by atoms with E-state index in [4.69, 9.17) is 4.74 Å². The van der Waals surface area contributed by atoms with Gasteiger partial charge in [0.25, 0.3) is 0 Å². The molecule has 1 heterocycles. The van der Waals surface area contributed by atoms with Gasteiger partial charge >= 0.3 is 5.97 Å². The Morgan fingerprint density at radius 2 is 1.63 bits per heavy atom. The molecular weight excluding hydrogens is 542 g/mol. The summed E-state index contributed by atoms with van der Waals surface area (Å²) in [7, 11) is 1.32. The standard InChI is InChI=1S/C34H39N5O4/c1-34(2,3)35-32(41)31(25-14-16-26(17-15-25)33(42)43-4)39(27-20-18-24(19-21-27)23-10-6-5-7-11-23)30(40)22-38-29-13-9-8-12-28(29)36-37-38/h8-9,12-21,23,31H,5-7,10-11,22H2,1-4H3,(H,35,41)/t31-/m0/s1. The number of carbonyl (C=O) groups excluding carboxylic acids is 3. The van der Waals surface area contributed by atoms with E-state index in [2.05, 4.69) is 27.8 Å². The number of rotatable bonds is 8. The molecule has 43 heavy (non-hydrogen) atoms. The van der Waals surface area contributed by atoms with Crippen LogP contribution in [0.15, 0.2) is 72.8 Å². The molecule has 1 saturated carbocycles. The summed E-state index contributed by atoms with van der Waals surface area (Å²) in [5.74, 6) is -0.649. The summed E-state index contributed by atoms with van der Waals surface area (Å²) in [6, 6.07) is 21.1. The predicted molar refractivity (Wildman–Crippen MR) is 166 cm³/mol. The quantitative estimate of drug-likeness (QED) is 0.258. The third-order valence-corrected chi connectivity index (χ3v) is 7.87. The highest BCUT2D eigenvalue weighted by atomic mass is 16.5.